The fourth-order valence-electron chi connectivity index (χ4n) is 2.92. The topological polar surface area (TPSA) is 45.2 Å². The van der Waals surface area contributed by atoms with Crippen LogP contribution in [0.25, 0.3) is 10.2 Å². The molecule has 1 aromatic heterocycles. The lowest BCUT2D eigenvalue weighted by molar-refractivity contribution is -0.143. The fraction of sp³-hybridized carbons (Fsp3) is 0.300. The van der Waals surface area contributed by atoms with Crippen molar-refractivity contribution in [1.82, 2.24) is 4.98 Å². The summed E-state index contributed by atoms with van der Waals surface area (Å²) in [5.74, 6) is -0.775. The number of alkyl halides is 6. The maximum absolute atomic E-state index is 13.0. The number of carbonyl (C=O) groups is 1. The van der Waals surface area contributed by atoms with Gasteiger partial charge in [-0.05, 0) is 43.2 Å². The zero-order chi connectivity index (χ0) is 23.1. The third kappa shape index (κ3) is 5.09. The maximum Gasteiger partial charge on any atom is 0.416 e. The Bertz CT molecular complexity index is 1070. The van der Waals surface area contributed by atoms with E-state index in [4.69, 9.17) is 0 Å². The SMILES string of the molecule is Cc1ccc(C)c2sc(N(C)CC(=O)Nc3cc(C(F)(F)F)cc(C(F)(F)F)c3)nc12. The van der Waals surface area contributed by atoms with Crippen LogP contribution in [0.15, 0.2) is 30.3 Å². The molecule has 0 aliphatic rings. The van der Waals surface area contributed by atoms with Gasteiger partial charge in [0.25, 0.3) is 0 Å². The molecule has 0 atom stereocenters. The lowest BCUT2D eigenvalue weighted by Crippen LogP contribution is -2.30. The Morgan fingerprint density at radius 1 is 1.00 bits per heavy atom. The number of rotatable bonds is 4. The largest absolute Gasteiger partial charge is 0.416 e. The molecule has 0 aliphatic heterocycles. The van der Waals surface area contributed by atoms with Crippen LogP contribution >= 0.6 is 11.3 Å². The Labute approximate surface area is 177 Å². The summed E-state index contributed by atoms with van der Waals surface area (Å²) in [6.45, 7) is 3.50. The van der Waals surface area contributed by atoms with Crippen molar-refractivity contribution in [2.24, 2.45) is 0 Å². The van der Waals surface area contributed by atoms with Crippen LogP contribution in [0.4, 0.5) is 37.2 Å². The van der Waals surface area contributed by atoms with E-state index in [2.05, 4.69) is 10.3 Å². The number of fused-ring (bicyclic) bond motifs is 1. The van der Waals surface area contributed by atoms with Crippen molar-refractivity contribution in [2.45, 2.75) is 26.2 Å². The minimum atomic E-state index is -4.99. The van der Waals surface area contributed by atoms with Crippen molar-refractivity contribution in [3.05, 3.63) is 52.6 Å². The molecule has 0 fully saturated rings. The first kappa shape index (κ1) is 22.9. The van der Waals surface area contributed by atoms with Gasteiger partial charge in [-0.1, -0.05) is 23.5 Å². The van der Waals surface area contributed by atoms with Gasteiger partial charge in [-0.2, -0.15) is 26.3 Å². The molecule has 0 aliphatic carbocycles. The minimum absolute atomic E-state index is 0.00751. The monoisotopic (exact) mass is 461 g/mol. The lowest BCUT2D eigenvalue weighted by atomic mass is 10.1. The van der Waals surface area contributed by atoms with Gasteiger partial charge in [0.1, 0.15) is 0 Å². The van der Waals surface area contributed by atoms with E-state index in [1.165, 1.54) is 16.2 Å². The molecule has 1 heterocycles. The van der Waals surface area contributed by atoms with E-state index in [1.807, 2.05) is 26.0 Å². The van der Waals surface area contributed by atoms with Gasteiger partial charge in [0, 0.05) is 12.7 Å². The standard InChI is InChI=1S/C20H17F6N3OS/c1-10-4-5-11(2)17-16(10)28-18(31-17)29(3)9-15(30)27-14-7-12(19(21,22)23)6-13(8-14)20(24,25)26/h4-8H,9H2,1-3H3,(H,27,30). The summed E-state index contributed by atoms with van der Waals surface area (Å²) in [4.78, 5) is 18.3. The molecule has 0 saturated carbocycles. The van der Waals surface area contributed by atoms with Crippen LogP contribution in [-0.2, 0) is 17.1 Å². The van der Waals surface area contributed by atoms with Gasteiger partial charge in [0.2, 0.25) is 5.91 Å². The van der Waals surface area contributed by atoms with Crippen LogP contribution in [0.3, 0.4) is 0 Å². The lowest BCUT2D eigenvalue weighted by Gasteiger charge is -2.17. The van der Waals surface area contributed by atoms with Crippen molar-refractivity contribution in [2.75, 3.05) is 23.8 Å². The number of aryl methyl sites for hydroxylation is 2. The molecule has 0 radical (unpaired) electrons. The number of carbonyl (C=O) groups excluding carboxylic acids is 1. The number of anilines is 2. The maximum atomic E-state index is 13.0. The van der Waals surface area contributed by atoms with Gasteiger partial charge in [-0.15, -0.1) is 0 Å². The highest BCUT2D eigenvalue weighted by atomic mass is 32.1. The van der Waals surface area contributed by atoms with Gasteiger partial charge >= 0.3 is 12.4 Å². The molecule has 4 nitrogen and oxygen atoms in total. The number of thiazole rings is 1. The molecule has 2 aromatic carbocycles. The van der Waals surface area contributed by atoms with Crippen LogP contribution < -0.4 is 10.2 Å². The quantitative estimate of drug-likeness (QED) is 0.483. The average Bonchev–Trinajstić information content (AvgIpc) is 3.10. The molecule has 0 bridgehead atoms. The van der Waals surface area contributed by atoms with E-state index in [0.29, 0.717) is 17.3 Å². The zero-order valence-electron chi connectivity index (χ0n) is 16.6. The molecule has 166 valence electrons. The number of nitrogens with one attached hydrogen (secondary N) is 1. The van der Waals surface area contributed by atoms with Crippen LogP contribution in [-0.4, -0.2) is 24.5 Å². The second-order valence-electron chi connectivity index (χ2n) is 7.07. The van der Waals surface area contributed by atoms with E-state index >= 15 is 0 Å². The number of amides is 1. The Hall–Kier alpha value is -2.82. The molecular weight excluding hydrogens is 444 g/mol. The Morgan fingerprint density at radius 3 is 2.06 bits per heavy atom. The Morgan fingerprint density at radius 2 is 1.55 bits per heavy atom. The van der Waals surface area contributed by atoms with Crippen LogP contribution in [0, 0.1) is 13.8 Å². The first-order valence-corrected chi connectivity index (χ1v) is 9.74. The van der Waals surface area contributed by atoms with Crippen molar-refractivity contribution in [3.63, 3.8) is 0 Å². The number of hydrogen-bond donors (Lipinski definition) is 1. The predicted octanol–water partition coefficient (Wildman–Crippen LogP) is 6.03. The summed E-state index contributed by atoms with van der Waals surface area (Å²) in [5, 5.41) is 2.62. The third-order valence-electron chi connectivity index (χ3n) is 4.51. The smallest absolute Gasteiger partial charge is 0.342 e. The third-order valence-corrected chi connectivity index (χ3v) is 5.81. The summed E-state index contributed by atoms with van der Waals surface area (Å²) in [6, 6.07) is 4.81. The van der Waals surface area contributed by atoms with Crippen molar-refractivity contribution in [1.29, 1.82) is 0 Å². The molecule has 3 rings (SSSR count). The molecule has 0 spiro atoms. The Kier molecular flexibility index (Phi) is 5.92. The fourth-order valence-corrected chi connectivity index (χ4v) is 3.99. The van der Waals surface area contributed by atoms with E-state index in [-0.39, 0.29) is 12.6 Å². The van der Waals surface area contributed by atoms with Crippen LogP contribution in [0.5, 0.6) is 0 Å². The van der Waals surface area contributed by atoms with E-state index in [0.717, 1.165) is 21.3 Å². The second kappa shape index (κ2) is 8.03. The summed E-state index contributed by atoms with van der Waals surface area (Å²) in [7, 11) is 1.56. The average molecular weight is 461 g/mol. The molecule has 0 saturated heterocycles. The Balaban J connectivity index is 1.82. The zero-order valence-corrected chi connectivity index (χ0v) is 17.4. The summed E-state index contributed by atoms with van der Waals surface area (Å²) in [6.07, 6.45) is -9.98. The first-order chi connectivity index (χ1) is 14.3. The molecule has 31 heavy (non-hydrogen) atoms. The normalized spacial score (nSPS) is 12.3. The van der Waals surface area contributed by atoms with E-state index < -0.39 is 35.1 Å². The highest BCUT2D eigenvalue weighted by molar-refractivity contribution is 7.22. The number of hydrogen-bond acceptors (Lipinski definition) is 4. The molecule has 11 heteroatoms. The van der Waals surface area contributed by atoms with Gasteiger partial charge in [-0.25, -0.2) is 4.98 Å². The van der Waals surface area contributed by atoms with Gasteiger partial charge in [0.15, 0.2) is 5.13 Å². The van der Waals surface area contributed by atoms with Gasteiger partial charge in [0.05, 0.1) is 27.9 Å². The molecule has 1 amide bonds. The highest BCUT2D eigenvalue weighted by Gasteiger charge is 2.37. The van der Waals surface area contributed by atoms with Crippen molar-refractivity contribution < 1.29 is 31.1 Å². The van der Waals surface area contributed by atoms with E-state index in [1.54, 1.807) is 7.05 Å². The van der Waals surface area contributed by atoms with Gasteiger partial charge in [-0.3, -0.25) is 4.79 Å². The first-order valence-electron chi connectivity index (χ1n) is 8.93. The molecule has 3 aromatic rings. The molecule has 0 unspecified atom stereocenters. The van der Waals surface area contributed by atoms with Crippen molar-refractivity contribution in [3.8, 4) is 0 Å². The number of benzene rings is 2. The predicted molar refractivity (Wildman–Crippen MR) is 107 cm³/mol. The molecular formula is C20H17F6N3OS. The molecule has 1 N–H and O–H groups in total. The minimum Gasteiger partial charge on any atom is -0.342 e. The van der Waals surface area contributed by atoms with Crippen LogP contribution in [0.1, 0.15) is 22.3 Å². The number of nitrogens with zero attached hydrogens (tertiary/aromatic N) is 2. The second-order valence-corrected chi connectivity index (χ2v) is 8.05. The number of likely N-dealkylation sites (N-methyl/N-ethyl adjacent to an activating group) is 1. The summed E-state index contributed by atoms with van der Waals surface area (Å²) >= 11 is 1.34. The van der Waals surface area contributed by atoms with Gasteiger partial charge < -0.3 is 10.2 Å². The number of halogens is 6. The summed E-state index contributed by atoms with van der Waals surface area (Å²) < 4.78 is 78.8. The van der Waals surface area contributed by atoms with E-state index in [9.17, 15) is 31.1 Å². The number of aromatic nitrogens is 1. The highest BCUT2D eigenvalue weighted by Crippen LogP contribution is 2.37. The summed E-state index contributed by atoms with van der Waals surface area (Å²) in [5.41, 5.74) is -0.849. The van der Waals surface area contributed by atoms with Crippen LogP contribution in [0.2, 0.25) is 0 Å². The van der Waals surface area contributed by atoms with Crippen molar-refractivity contribution >= 4 is 38.3 Å².